The maximum Gasteiger partial charge on any atom is 0.255 e. The van der Waals surface area contributed by atoms with Gasteiger partial charge in [0.05, 0.1) is 6.61 Å². The fourth-order valence-electron chi connectivity index (χ4n) is 0.571. The van der Waals surface area contributed by atoms with Crippen molar-refractivity contribution < 1.29 is 9.13 Å². The van der Waals surface area contributed by atoms with Gasteiger partial charge in [0, 0.05) is 0 Å². The first kappa shape index (κ1) is 8.20. The highest BCUT2D eigenvalue weighted by molar-refractivity contribution is 6.29. The molecule has 0 fully saturated rings. The molecule has 0 bridgehead atoms. The van der Waals surface area contributed by atoms with Crippen LogP contribution in [-0.4, -0.2) is 16.6 Å². The van der Waals surface area contributed by atoms with E-state index < -0.39 is 5.82 Å². The number of rotatable bonds is 2. The second-order valence-corrected chi connectivity index (χ2v) is 2.07. The average Bonchev–Trinajstić information content (AvgIpc) is 1.99. The zero-order chi connectivity index (χ0) is 8.27. The minimum Gasteiger partial charge on any atom is -0.476 e. The van der Waals surface area contributed by atoms with Gasteiger partial charge in [0.15, 0.2) is 5.15 Å². The van der Waals surface area contributed by atoms with Gasteiger partial charge < -0.3 is 4.74 Å². The summed E-state index contributed by atoms with van der Waals surface area (Å²) in [5.41, 5.74) is 0. The number of ether oxygens (including phenoxy) is 1. The van der Waals surface area contributed by atoms with Crippen LogP contribution in [0.1, 0.15) is 6.92 Å². The van der Waals surface area contributed by atoms with E-state index in [1.807, 2.05) is 0 Å². The molecular weight excluding hydrogens is 171 g/mol. The Morgan fingerprint density at radius 2 is 2.36 bits per heavy atom. The van der Waals surface area contributed by atoms with Gasteiger partial charge in [-0.05, 0) is 6.92 Å². The maximum atomic E-state index is 12.8. The van der Waals surface area contributed by atoms with Crippen molar-refractivity contribution in [3.05, 3.63) is 17.3 Å². The number of aromatic nitrogens is 2. The highest BCUT2D eigenvalue weighted by atomic mass is 35.5. The van der Waals surface area contributed by atoms with E-state index in [1.54, 1.807) is 6.92 Å². The average molecular weight is 177 g/mol. The highest BCUT2D eigenvalue weighted by Crippen LogP contribution is 2.18. The fraction of sp³-hybridized carbons (Fsp3) is 0.333. The predicted octanol–water partition coefficient (Wildman–Crippen LogP) is 1.67. The van der Waals surface area contributed by atoms with E-state index in [4.69, 9.17) is 16.3 Å². The van der Waals surface area contributed by atoms with E-state index in [2.05, 4.69) is 9.97 Å². The SMILES string of the molecule is CCOc1ncnc(Cl)c1F. The summed E-state index contributed by atoms with van der Waals surface area (Å²) in [6, 6.07) is 0. The Kier molecular flexibility index (Phi) is 2.59. The minimum absolute atomic E-state index is 0.104. The van der Waals surface area contributed by atoms with Crippen LogP contribution in [0.2, 0.25) is 5.15 Å². The van der Waals surface area contributed by atoms with Crippen LogP contribution in [0.25, 0.3) is 0 Å². The lowest BCUT2D eigenvalue weighted by atomic mass is 10.6. The first-order chi connectivity index (χ1) is 5.25. The molecule has 1 aromatic heterocycles. The van der Waals surface area contributed by atoms with Crippen LogP contribution >= 0.6 is 11.6 Å². The van der Waals surface area contributed by atoms with Gasteiger partial charge in [-0.2, -0.15) is 9.37 Å². The zero-order valence-corrected chi connectivity index (χ0v) is 6.60. The molecule has 0 aliphatic heterocycles. The zero-order valence-electron chi connectivity index (χ0n) is 5.84. The molecule has 0 aliphatic rings. The monoisotopic (exact) mass is 176 g/mol. The van der Waals surface area contributed by atoms with E-state index >= 15 is 0 Å². The molecule has 0 aliphatic carbocycles. The molecular formula is C6H6ClFN2O. The highest BCUT2D eigenvalue weighted by Gasteiger charge is 2.08. The molecule has 0 atom stereocenters. The first-order valence-corrected chi connectivity index (χ1v) is 3.42. The topological polar surface area (TPSA) is 35.0 Å². The fourth-order valence-corrected chi connectivity index (χ4v) is 0.695. The molecule has 1 rings (SSSR count). The van der Waals surface area contributed by atoms with Crippen LogP contribution in [0, 0.1) is 5.82 Å². The van der Waals surface area contributed by atoms with Gasteiger partial charge >= 0.3 is 0 Å². The summed E-state index contributed by atoms with van der Waals surface area (Å²) in [5.74, 6) is -0.816. The summed E-state index contributed by atoms with van der Waals surface area (Å²) in [5, 5.41) is -0.219. The molecule has 1 heterocycles. The van der Waals surface area contributed by atoms with Crippen LogP contribution < -0.4 is 4.74 Å². The summed E-state index contributed by atoms with van der Waals surface area (Å²) in [7, 11) is 0. The number of hydrogen-bond acceptors (Lipinski definition) is 3. The molecule has 0 amide bonds. The molecule has 0 N–H and O–H groups in total. The van der Waals surface area contributed by atoms with Crippen molar-refractivity contribution in [2.24, 2.45) is 0 Å². The second-order valence-electron chi connectivity index (χ2n) is 1.72. The van der Waals surface area contributed by atoms with E-state index in [0.29, 0.717) is 6.61 Å². The van der Waals surface area contributed by atoms with Crippen molar-refractivity contribution in [1.29, 1.82) is 0 Å². The summed E-state index contributed by atoms with van der Waals surface area (Å²) < 4.78 is 17.6. The van der Waals surface area contributed by atoms with Gasteiger partial charge in [0.2, 0.25) is 5.82 Å². The molecule has 3 nitrogen and oxygen atoms in total. The lowest BCUT2D eigenvalue weighted by Gasteiger charge is -2.01. The summed E-state index contributed by atoms with van der Waals surface area (Å²) in [6.45, 7) is 2.08. The Balaban J connectivity index is 2.96. The predicted molar refractivity (Wildman–Crippen MR) is 38.2 cm³/mol. The quantitative estimate of drug-likeness (QED) is 0.643. The Morgan fingerprint density at radius 3 is 3.00 bits per heavy atom. The van der Waals surface area contributed by atoms with Crippen molar-refractivity contribution in [3.8, 4) is 5.88 Å². The molecule has 0 spiro atoms. The second kappa shape index (κ2) is 3.48. The largest absolute Gasteiger partial charge is 0.476 e. The van der Waals surface area contributed by atoms with Gasteiger partial charge in [-0.15, -0.1) is 0 Å². The van der Waals surface area contributed by atoms with Gasteiger partial charge in [-0.25, -0.2) is 4.98 Å². The smallest absolute Gasteiger partial charge is 0.255 e. The lowest BCUT2D eigenvalue weighted by molar-refractivity contribution is 0.306. The van der Waals surface area contributed by atoms with Crippen LogP contribution in [0.15, 0.2) is 6.33 Å². The first-order valence-electron chi connectivity index (χ1n) is 3.04. The third-order valence-corrected chi connectivity index (χ3v) is 1.26. The van der Waals surface area contributed by atoms with E-state index in [9.17, 15) is 4.39 Å². The molecule has 60 valence electrons. The molecule has 1 aromatic rings. The normalized spacial score (nSPS) is 9.73. The van der Waals surface area contributed by atoms with Crippen LogP contribution in [0.5, 0.6) is 5.88 Å². The van der Waals surface area contributed by atoms with E-state index in [1.165, 1.54) is 0 Å². The number of nitrogens with zero attached hydrogens (tertiary/aromatic N) is 2. The number of halogens is 2. The Labute approximate surface area is 68.2 Å². The lowest BCUT2D eigenvalue weighted by Crippen LogP contribution is -1.98. The molecule has 0 saturated carbocycles. The van der Waals surface area contributed by atoms with Crippen LogP contribution in [-0.2, 0) is 0 Å². The number of hydrogen-bond donors (Lipinski definition) is 0. The van der Waals surface area contributed by atoms with Crippen LogP contribution in [0.3, 0.4) is 0 Å². The van der Waals surface area contributed by atoms with Gasteiger partial charge in [0.1, 0.15) is 6.33 Å². The molecule has 11 heavy (non-hydrogen) atoms. The van der Waals surface area contributed by atoms with E-state index in [-0.39, 0.29) is 11.0 Å². The summed E-state index contributed by atoms with van der Waals surface area (Å²) in [4.78, 5) is 6.96. The van der Waals surface area contributed by atoms with Gasteiger partial charge in [-0.3, -0.25) is 0 Å². The molecule has 0 unspecified atom stereocenters. The van der Waals surface area contributed by atoms with Crippen molar-refractivity contribution in [1.82, 2.24) is 9.97 Å². The van der Waals surface area contributed by atoms with E-state index in [0.717, 1.165) is 6.33 Å². The summed E-state index contributed by atoms with van der Waals surface area (Å²) >= 11 is 5.34. The molecule has 0 saturated heterocycles. The molecule has 0 radical (unpaired) electrons. The third-order valence-electron chi connectivity index (χ3n) is 0.996. The van der Waals surface area contributed by atoms with Gasteiger partial charge in [-0.1, -0.05) is 11.6 Å². The van der Waals surface area contributed by atoms with Crippen molar-refractivity contribution >= 4 is 11.6 Å². The molecule has 5 heteroatoms. The van der Waals surface area contributed by atoms with Crippen molar-refractivity contribution in [3.63, 3.8) is 0 Å². The molecule has 0 aromatic carbocycles. The third kappa shape index (κ3) is 1.77. The maximum absolute atomic E-state index is 12.8. The van der Waals surface area contributed by atoms with Gasteiger partial charge in [0.25, 0.3) is 5.88 Å². The standard InChI is InChI=1S/C6H6ClFN2O/c1-2-11-6-4(8)5(7)9-3-10-6/h3H,2H2,1H3. The Bertz CT molecular complexity index is 256. The Hall–Kier alpha value is -0.900. The minimum atomic E-state index is -0.712. The van der Waals surface area contributed by atoms with Crippen LogP contribution in [0.4, 0.5) is 4.39 Å². The Morgan fingerprint density at radius 1 is 1.64 bits per heavy atom. The van der Waals surface area contributed by atoms with Crippen molar-refractivity contribution in [2.75, 3.05) is 6.61 Å². The summed E-state index contributed by atoms with van der Waals surface area (Å²) in [6.07, 6.45) is 1.15. The van der Waals surface area contributed by atoms with Crippen molar-refractivity contribution in [2.45, 2.75) is 6.92 Å².